The summed E-state index contributed by atoms with van der Waals surface area (Å²) in [6.45, 7) is 2.07. The van der Waals surface area contributed by atoms with Crippen molar-refractivity contribution in [1.29, 1.82) is 0 Å². The minimum Gasteiger partial charge on any atom is -0.398 e. The minimum atomic E-state index is -5.84. The molecular weight excluding hydrogens is 367 g/mol. The van der Waals surface area contributed by atoms with Crippen molar-refractivity contribution < 1.29 is 26.1 Å². The Kier molecular flexibility index (Phi) is 7.60. The first kappa shape index (κ1) is 21.5. The Bertz CT molecular complexity index is 874. The Balaban J connectivity index is 0.000000359. The van der Waals surface area contributed by atoms with E-state index in [1.807, 2.05) is 42.5 Å². The first-order valence-corrected chi connectivity index (χ1v) is 8.75. The highest BCUT2D eigenvalue weighted by Gasteiger charge is 2.44. The third-order valence-electron chi connectivity index (χ3n) is 3.11. The summed E-state index contributed by atoms with van der Waals surface area (Å²) in [6, 6.07) is 18.2. The predicted octanol–water partition coefficient (Wildman–Crippen LogP) is 4.78. The number of halogens is 3. The second-order valence-corrected chi connectivity index (χ2v) is 6.54. The Morgan fingerprint density at radius 1 is 1.04 bits per heavy atom. The summed E-state index contributed by atoms with van der Waals surface area (Å²) in [4.78, 5) is 0. The SMILES string of the molecule is C/C(=C/C=C/c1ccccc1)c1ccccc1N.O=S(=O)(O)C(F)(F)F. The standard InChI is InChI=1S/C17H17N.CHF3O3S/c1-14(16-12-5-6-13-17(16)18)8-7-11-15-9-3-2-4-10-15;2-1(3,4)8(5,6)7/h2-13H,18H2,1H3;(H,5,6,7)/b11-7+,14-8-;. The van der Waals surface area contributed by atoms with Gasteiger partial charge in [-0.2, -0.15) is 21.6 Å². The molecule has 0 heterocycles. The molecule has 4 nitrogen and oxygen atoms in total. The molecule has 8 heteroatoms. The van der Waals surface area contributed by atoms with Crippen LogP contribution in [0.3, 0.4) is 0 Å². The van der Waals surface area contributed by atoms with Crippen LogP contribution in [0.1, 0.15) is 18.1 Å². The molecule has 0 radical (unpaired) electrons. The van der Waals surface area contributed by atoms with Gasteiger partial charge in [-0.05, 0) is 24.1 Å². The zero-order chi connectivity index (χ0) is 19.8. The molecule has 2 aromatic carbocycles. The van der Waals surface area contributed by atoms with Crippen molar-refractivity contribution in [2.24, 2.45) is 0 Å². The normalized spacial score (nSPS) is 12.6. The number of benzene rings is 2. The van der Waals surface area contributed by atoms with E-state index in [-0.39, 0.29) is 0 Å². The number of hydrogen-bond donors (Lipinski definition) is 2. The number of rotatable bonds is 3. The van der Waals surface area contributed by atoms with Gasteiger partial charge in [0.1, 0.15) is 0 Å². The molecule has 2 aromatic rings. The van der Waals surface area contributed by atoms with Gasteiger partial charge in [-0.15, -0.1) is 0 Å². The fourth-order valence-corrected chi connectivity index (χ4v) is 1.81. The molecular formula is C18H18F3NO3S. The molecule has 0 bridgehead atoms. The molecule has 0 unspecified atom stereocenters. The van der Waals surface area contributed by atoms with Gasteiger partial charge in [-0.1, -0.05) is 66.8 Å². The maximum Gasteiger partial charge on any atom is 0.522 e. The lowest BCUT2D eigenvalue weighted by Crippen LogP contribution is -2.21. The highest BCUT2D eigenvalue weighted by molar-refractivity contribution is 7.86. The van der Waals surface area contributed by atoms with Gasteiger partial charge in [0.05, 0.1) is 0 Å². The van der Waals surface area contributed by atoms with Crippen LogP contribution in [0.25, 0.3) is 11.6 Å². The van der Waals surface area contributed by atoms with Crippen LogP contribution >= 0.6 is 0 Å². The summed E-state index contributed by atoms with van der Waals surface area (Å²) in [7, 11) is -5.84. The number of anilines is 1. The number of para-hydroxylation sites is 1. The topological polar surface area (TPSA) is 80.4 Å². The summed E-state index contributed by atoms with van der Waals surface area (Å²) in [5.74, 6) is 0. The van der Waals surface area contributed by atoms with Gasteiger partial charge in [0.25, 0.3) is 0 Å². The fourth-order valence-electron chi connectivity index (χ4n) is 1.81. The monoisotopic (exact) mass is 385 g/mol. The molecule has 0 aliphatic carbocycles. The van der Waals surface area contributed by atoms with Crippen molar-refractivity contribution in [2.45, 2.75) is 12.4 Å². The molecule has 2 rings (SSSR count). The van der Waals surface area contributed by atoms with E-state index >= 15 is 0 Å². The van der Waals surface area contributed by atoms with E-state index in [0.717, 1.165) is 11.3 Å². The van der Waals surface area contributed by atoms with Gasteiger partial charge in [-0.25, -0.2) is 0 Å². The van der Waals surface area contributed by atoms with Gasteiger partial charge in [0.2, 0.25) is 0 Å². The Hall–Kier alpha value is -2.58. The first-order chi connectivity index (χ1) is 12.0. The van der Waals surface area contributed by atoms with Crippen LogP contribution in [0, 0.1) is 0 Å². The molecule has 0 saturated heterocycles. The molecule has 0 aliphatic heterocycles. The Labute approximate surface area is 150 Å². The van der Waals surface area contributed by atoms with Crippen LogP contribution in [0.4, 0.5) is 18.9 Å². The molecule has 0 amide bonds. The number of nitrogen functional groups attached to an aromatic ring is 1. The molecule has 3 N–H and O–H groups in total. The number of alkyl halides is 3. The third kappa shape index (κ3) is 7.12. The van der Waals surface area contributed by atoms with E-state index in [1.54, 1.807) is 0 Å². The Morgan fingerprint density at radius 2 is 1.54 bits per heavy atom. The summed E-state index contributed by atoms with van der Waals surface area (Å²) in [5.41, 5.74) is 4.68. The van der Waals surface area contributed by atoms with Crippen LogP contribution in [0.5, 0.6) is 0 Å². The maximum absolute atomic E-state index is 10.7. The molecule has 26 heavy (non-hydrogen) atoms. The molecule has 140 valence electrons. The lowest BCUT2D eigenvalue weighted by molar-refractivity contribution is -0.0510. The van der Waals surface area contributed by atoms with E-state index in [0.29, 0.717) is 0 Å². The van der Waals surface area contributed by atoms with Crippen LogP contribution in [-0.4, -0.2) is 18.5 Å². The van der Waals surface area contributed by atoms with Crippen molar-refractivity contribution in [3.63, 3.8) is 0 Å². The summed E-state index contributed by atoms with van der Waals surface area (Å²) in [6.07, 6.45) is 6.22. The van der Waals surface area contributed by atoms with E-state index in [1.165, 1.54) is 11.1 Å². The van der Waals surface area contributed by atoms with Gasteiger partial charge in [0, 0.05) is 11.3 Å². The number of hydrogen-bond acceptors (Lipinski definition) is 3. The number of nitrogens with two attached hydrogens (primary N) is 1. The fraction of sp³-hybridized carbons (Fsp3) is 0.111. The van der Waals surface area contributed by atoms with Gasteiger partial charge in [-0.3, -0.25) is 4.55 Å². The highest BCUT2D eigenvalue weighted by atomic mass is 32.2. The van der Waals surface area contributed by atoms with Gasteiger partial charge >= 0.3 is 15.6 Å². The second-order valence-electron chi connectivity index (χ2n) is 5.13. The van der Waals surface area contributed by atoms with Crippen molar-refractivity contribution in [1.82, 2.24) is 0 Å². The average molecular weight is 385 g/mol. The number of allylic oxidation sites excluding steroid dienone is 3. The maximum atomic E-state index is 10.7. The average Bonchev–Trinajstić information content (AvgIpc) is 2.55. The minimum absolute atomic E-state index is 0.819. The van der Waals surface area contributed by atoms with E-state index in [9.17, 15) is 13.2 Å². The zero-order valence-corrected chi connectivity index (χ0v) is 14.6. The van der Waals surface area contributed by atoms with E-state index in [4.69, 9.17) is 18.7 Å². The quantitative estimate of drug-likeness (QED) is 0.345. The lowest BCUT2D eigenvalue weighted by Gasteiger charge is -2.04. The first-order valence-electron chi connectivity index (χ1n) is 7.31. The molecule has 0 fully saturated rings. The van der Waals surface area contributed by atoms with Crippen LogP contribution in [-0.2, 0) is 10.1 Å². The van der Waals surface area contributed by atoms with Crippen molar-refractivity contribution in [2.75, 3.05) is 5.73 Å². The molecule has 0 spiro atoms. The van der Waals surface area contributed by atoms with E-state index in [2.05, 4.69) is 37.3 Å². The van der Waals surface area contributed by atoms with Gasteiger partial charge in [0.15, 0.2) is 0 Å². The molecule has 0 aromatic heterocycles. The summed E-state index contributed by atoms with van der Waals surface area (Å²) in [5, 5.41) is 0. The molecule has 0 atom stereocenters. The van der Waals surface area contributed by atoms with Crippen LogP contribution < -0.4 is 5.73 Å². The van der Waals surface area contributed by atoms with Crippen LogP contribution in [0.2, 0.25) is 0 Å². The summed E-state index contributed by atoms with van der Waals surface area (Å²) >= 11 is 0. The largest absolute Gasteiger partial charge is 0.522 e. The van der Waals surface area contributed by atoms with E-state index < -0.39 is 15.6 Å². The molecule has 0 saturated carbocycles. The van der Waals surface area contributed by atoms with Crippen molar-refractivity contribution in [3.8, 4) is 0 Å². The summed E-state index contributed by atoms with van der Waals surface area (Å²) < 4.78 is 57.5. The zero-order valence-electron chi connectivity index (χ0n) is 13.8. The highest BCUT2D eigenvalue weighted by Crippen LogP contribution is 2.21. The smallest absolute Gasteiger partial charge is 0.398 e. The third-order valence-corrected chi connectivity index (χ3v) is 3.70. The van der Waals surface area contributed by atoms with Crippen molar-refractivity contribution in [3.05, 3.63) is 77.9 Å². The van der Waals surface area contributed by atoms with Crippen LogP contribution in [0.15, 0.2) is 66.7 Å². The second kappa shape index (κ2) is 9.21. The van der Waals surface area contributed by atoms with Gasteiger partial charge < -0.3 is 5.73 Å². The Morgan fingerprint density at radius 3 is 2.04 bits per heavy atom. The van der Waals surface area contributed by atoms with Crippen molar-refractivity contribution >= 4 is 27.5 Å². The predicted molar refractivity (Wildman–Crippen MR) is 97.6 cm³/mol. The lowest BCUT2D eigenvalue weighted by atomic mass is 10.0. The molecule has 0 aliphatic rings.